The third kappa shape index (κ3) is 7.01. The van der Waals surface area contributed by atoms with Crippen LogP contribution in [0.2, 0.25) is 0 Å². The molecule has 0 unspecified atom stereocenters. The quantitative estimate of drug-likeness (QED) is 0.636. The van der Waals surface area contributed by atoms with Crippen LogP contribution in [0.5, 0.6) is 5.75 Å². The SMILES string of the molecule is CCS(=O)(=O)Oc1ccc(CN(CC(C)C)C(=O)Nc2ccc(F)cc2F)cc1. The van der Waals surface area contributed by atoms with Gasteiger partial charge < -0.3 is 14.4 Å². The van der Waals surface area contributed by atoms with E-state index in [1.165, 1.54) is 24.0 Å². The number of halogens is 2. The summed E-state index contributed by atoms with van der Waals surface area (Å²) in [6.07, 6.45) is 0. The Labute approximate surface area is 169 Å². The number of hydrogen-bond donors (Lipinski definition) is 1. The van der Waals surface area contributed by atoms with E-state index >= 15 is 0 Å². The molecule has 158 valence electrons. The molecule has 6 nitrogen and oxygen atoms in total. The third-order valence-electron chi connectivity index (χ3n) is 3.92. The lowest BCUT2D eigenvalue weighted by atomic mass is 10.1. The van der Waals surface area contributed by atoms with E-state index in [1.54, 1.807) is 12.1 Å². The van der Waals surface area contributed by atoms with E-state index in [0.29, 0.717) is 12.6 Å². The molecule has 2 aromatic rings. The highest BCUT2D eigenvalue weighted by atomic mass is 32.2. The number of urea groups is 1. The van der Waals surface area contributed by atoms with Gasteiger partial charge in [-0.1, -0.05) is 26.0 Å². The molecule has 0 aromatic heterocycles. The van der Waals surface area contributed by atoms with Crippen LogP contribution >= 0.6 is 0 Å². The Bertz CT molecular complexity index is 947. The highest BCUT2D eigenvalue weighted by molar-refractivity contribution is 7.87. The van der Waals surface area contributed by atoms with Crippen molar-refractivity contribution in [1.29, 1.82) is 0 Å². The van der Waals surface area contributed by atoms with Gasteiger partial charge >= 0.3 is 16.1 Å². The van der Waals surface area contributed by atoms with Gasteiger partial charge in [-0.15, -0.1) is 0 Å². The topological polar surface area (TPSA) is 75.7 Å². The van der Waals surface area contributed by atoms with Crippen molar-refractivity contribution in [3.63, 3.8) is 0 Å². The minimum absolute atomic E-state index is 0.112. The molecule has 2 rings (SSSR count). The van der Waals surface area contributed by atoms with Crippen LogP contribution < -0.4 is 9.50 Å². The normalized spacial score (nSPS) is 11.4. The van der Waals surface area contributed by atoms with E-state index in [0.717, 1.165) is 17.7 Å². The molecule has 29 heavy (non-hydrogen) atoms. The first-order valence-electron chi connectivity index (χ1n) is 9.11. The largest absolute Gasteiger partial charge is 0.382 e. The number of rotatable bonds is 8. The Morgan fingerprint density at radius 1 is 1.14 bits per heavy atom. The van der Waals surface area contributed by atoms with Gasteiger partial charge in [0.25, 0.3) is 0 Å². The van der Waals surface area contributed by atoms with Crippen LogP contribution in [-0.4, -0.2) is 31.6 Å². The van der Waals surface area contributed by atoms with E-state index in [1.807, 2.05) is 13.8 Å². The first-order chi connectivity index (χ1) is 13.6. The van der Waals surface area contributed by atoms with Gasteiger partial charge in [-0.25, -0.2) is 13.6 Å². The Kier molecular flexibility index (Phi) is 7.55. The zero-order valence-corrected chi connectivity index (χ0v) is 17.3. The van der Waals surface area contributed by atoms with Crippen LogP contribution in [0.3, 0.4) is 0 Å². The average molecular weight is 426 g/mol. The van der Waals surface area contributed by atoms with E-state index in [9.17, 15) is 22.0 Å². The van der Waals surface area contributed by atoms with E-state index in [-0.39, 0.29) is 29.7 Å². The van der Waals surface area contributed by atoms with Gasteiger partial charge in [0.15, 0.2) is 0 Å². The van der Waals surface area contributed by atoms with Crippen LogP contribution in [-0.2, 0) is 16.7 Å². The summed E-state index contributed by atoms with van der Waals surface area (Å²) < 4.78 is 54.9. The Balaban J connectivity index is 2.12. The Morgan fingerprint density at radius 2 is 1.79 bits per heavy atom. The summed E-state index contributed by atoms with van der Waals surface area (Å²) in [5.41, 5.74) is 0.625. The van der Waals surface area contributed by atoms with Crippen LogP contribution in [0.4, 0.5) is 19.3 Å². The number of nitrogens with one attached hydrogen (secondary N) is 1. The summed E-state index contributed by atoms with van der Waals surface area (Å²) in [5.74, 6) is -1.40. The number of amides is 2. The van der Waals surface area contributed by atoms with Crippen molar-refractivity contribution < 1.29 is 26.2 Å². The zero-order valence-electron chi connectivity index (χ0n) is 16.5. The second kappa shape index (κ2) is 9.69. The summed E-state index contributed by atoms with van der Waals surface area (Å²) in [4.78, 5) is 14.1. The lowest BCUT2D eigenvalue weighted by Crippen LogP contribution is -2.37. The average Bonchev–Trinajstić information content (AvgIpc) is 2.64. The summed E-state index contributed by atoms with van der Waals surface area (Å²) in [5, 5.41) is 2.45. The van der Waals surface area contributed by atoms with Crippen molar-refractivity contribution in [2.24, 2.45) is 5.92 Å². The molecule has 0 fully saturated rings. The minimum Gasteiger partial charge on any atom is -0.382 e. The number of hydrogen-bond acceptors (Lipinski definition) is 4. The van der Waals surface area contributed by atoms with Crippen LogP contribution in [0, 0.1) is 17.6 Å². The second-order valence-electron chi connectivity index (χ2n) is 6.90. The predicted octanol–water partition coefficient (Wildman–Crippen LogP) is 4.38. The first kappa shape index (κ1) is 22.6. The smallest absolute Gasteiger partial charge is 0.322 e. The highest BCUT2D eigenvalue weighted by Gasteiger charge is 2.18. The molecule has 0 bridgehead atoms. The lowest BCUT2D eigenvalue weighted by molar-refractivity contribution is 0.201. The molecule has 0 saturated carbocycles. The molecule has 2 aromatic carbocycles. The van der Waals surface area contributed by atoms with E-state index in [2.05, 4.69) is 5.32 Å². The highest BCUT2D eigenvalue weighted by Crippen LogP contribution is 2.19. The zero-order chi connectivity index (χ0) is 21.6. The number of nitrogens with zero attached hydrogens (tertiary/aromatic N) is 1. The molecular weight excluding hydrogens is 402 g/mol. The molecule has 2 amide bonds. The van der Waals surface area contributed by atoms with Gasteiger partial charge in [-0.05, 0) is 42.7 Å². The molecular formula is C20H24F2N2O4S. The molecule has 0 atom stereocenters. The van der Waals surface area contributed by atoms with Crippen molar-refractivity contribution >= 4 is 21.8 Å². The molecule has 0 aliphatic rings. The number of benzene rings is 2. The van der Waals surface area contributed by atoms with Gasteiger partial charge in [0.1, 0.15) is 17.4 Å². The minimum atomic E-state index is -3.62. The summed E-state index contributed by atoms with van der Waals surface area (Å²) >= 11 is 0. The summed E-state index contributed by atoms with van der Waals surface area (Å²) in [6.45, 7) is 5.97. The van der Waals surface area contributed by atoms with Gasteiger partial charge in [0.05, 0.1) is 11.4 Å². The fraction of sp³-hybridized carbons (Fsp3) is 0.350. The molecule has 0 saturated heterocycles. The molecule has 0 aliphatic heterocycles. The fourth-order valence-electron chi connectivity index (χ4n) is 2.52. The lowest BCUT2D eigenvalue weighted by Gasteiger charge is -2.25. The van der Waals surface area contributed by atoms with Gasteiger partial charge in [0.2, 0.25) is 0 Å². The monoisotopic (exact) mass is 426 g/mol. The van der Waals surface area contributed by atoms with E-state index < -0.39 is 27.8 Å². The first-order valence-corrected chi connectivity index (χ1v) is 10.7. The number of carbonyl (C=O) groups excluding carboxylic acids is 1. The van der Waals surface area contributed by atoms with Crippen molar-refractivity contribution in [1.82, 2.24) is 4.90 Å². The number of carbonyl (C=O) groups is 1. The van der Waals surface area contributed by atoms with Crippen molar-refractivity contribution in [3.8, 4) is 5.75 Å². The second-order valence-corrected chi connectivity index (χ2v) is 8.76. The maximum atomic E-state index is 13.8. The van der Waals surface area contributed by atoms with Gasteiger partial charge in [-0.3, -0.25) is 0 Å². The third-order valence-corrected chi connectivity index (χ3v) is 5.07. The van der Waals surface area contributed by atoms with Crippen molar-refractivity contribution in [2.45, 2.75) is 27.3 Å². The molecule has 9 heteroatoms. The summed E-state index contributed by atoms with van der Waals surface area (Å²) in [6, 6.07) is 8.72. The van der Waals surface area contributed by atoms with Crippen LogP contribution in [0.15, 0.2) is 42.5 Å². The maximum absolute atomic E-state index is 13.8. The maximum Gasteiger partial charge on any atom is 0.322 e. The Hall–Kier alpha value is -2.68. The predicted molar refractivity (Wildman–Crippen MR) is 107 cm³/mol. The molecule has 0 radical (unpaired) electrons. The Morgan fingerprint density at radius 3 is 2.34 bits per heavy atom. The number of anilines is 1. The van der Waals surface area contributed by atoms with Gasteiger partial charge in [-0.2, -0.15) is 8.42 Å². The molecule has 0 aliphatic carbocycles. The summed E-state index contributed by atoms with van der Waals surface area (Å²) in [7, 11) is -3.62. The van der Waals surface area contributed by atoms with Crippen molar-refractivity contribution in [3.05, 3.63) is 59.7 Å². The van der Waals surface area contributed by atoms with Gasteiger partial charge in [0, 0.05) is 19.2 Å². The molecule has 0 heterocycles. The fourth-order valence-corrected chi connectivity index (χ4v) is 3.04. The molecule has 1 N–H and O–H groups in total. The van der Waals surface area contributed by atoms with E-state index in [4.69, 9.17) is 4.18 Å². The van der Waals surface area contributed by atoms with Crippen LogP contribution in [0.1, 0.15) is 26.3 Å². The molecule has 0 spiro atoms. The van der Waals surface area contributed by atoms with Crippen LogP contribution in [0.25, 0.3) is 0 Å². The van der Waals surface area contributed by atoms with Crippen molar-refractivity contribution in [2.75, 3.05) is 17.6 Å². The standard InChI is InChI=1S/C20H24F2N2O4S/c1-4-29(26,27)28-17-8-5-15(6-9-17)13-24(12-14(2)3)20(25)23-19-10-7-16(21)11-18(19)22/h5-11,14H,4,12-13H2,1-3H3,(H,23,25).